The van der Waals surface area contributed by atoms with E-state index in [1.165, 1.54) is 25.7 Å². The van der Waals surface area contributed by atoms with E-state index in [0.717, 1.165) is 19.4 Å². The predicted octanol–water partition coefficient (Wildman–Crippen LogP) is 2.80. The van der Waals surface area contributed by atoms with E-state index in [0.29, 0.717) is 17.9 Å². The van der Waals surface area contributed by atoms with E-state index in [2.05, 4.69) is 19.2 Å². The molecule has 0 heterocycles. The number of hydrogen-bond acceptors (Lipinski definition) is 2. The first-order chi connectivity index (χ1) is 7.49. The van der Waals surface area contributed by atoms with Gasteiger partial charge in [-0.1, -0.05) is 20.3 Å². The van der Waals surface area contributed by atoms with E-state index in [-0.39, 0.29) is 0 Å². The number of rotatable bonds is 6. The van der Waals surface area contributed by atoms with Crippen LogP contribution in [-0.4, -0.2) is 23.7 Å². The molecule has 0 aromatic heterocycles. The smallest absolute Gasteiger partial charge is 0.303 e. The van der Waals surface area contributed by atoms with Crippen LogP contribution in [-0.2, 0) is 4.79 Å². The lowest BCUT2D eigenvalue weighted by atomic mass is 9.75. The van der Waals surface area contributed by atoms with E-state index in [1.807, 2.05) is 0 Å². The molecular weight excluding hydrogens is 202 g/mol. The highest BCUT2D eigenvalue weighted by atomic mass is 16.4. The second-order valence-corrected chi connectivity index (χ2v) is 5.76. The van der Waals surface area contributed by atoms with Crippen LogP contribution in [0.2, 0.25) is 0 Å². The SMILES string of the molecule is CC1(C)CCCC(NCCCCC(=O)O)C1. The van der Waals surface area contributed by atoms with Crippen molar-refractivity contribution < 1.29 is 9.90 Å². The topological polar surface area (TPSA) is 49.3 Å². The fraction of sp³-hybridized carbons (Fsp3) is 0.923. The van der Waals surface area contributed by atoms with Crippen molar-refractivity contribution in [1.82, 2.24) is 5.32 Å². The lowest BCUT2D eigenvalue weighted by Gasteiger charge is -2.35. The average Bonchev–Trinajstić information content (AvgIpc) is 2.15. The highest BCUT2D eigenvalue weighted by molar-refractivity contribution is 5.66. The van der Waals surface area contributed by atoms with Gasteiger partial charge in [-0.3, -0.25) is 4.79 Å². The molecule has 0 spiro atoms. The van der Waals surface area contributed by atoms with Crippen LogP contribution in [0.3, 0.4) is 0 Å². The molecule has 0 aromatic rings. The molecule has 1 rings (SSSR count). The number of carboxylic acids is 1. The summed E-state index contributed by atoms with van der Waals surface area (Å²) in [5, 5.41) is 12.1. The lowest BCUT2D eigenvalue weighted by molar-refractivity contribution is -0.137. The van der Waals surface area contributed by atoms with Gasteiger partial charge in [-0.25, -0.2) is 0 Å². The van der Waals surface area contributed by atoms with Gasteiger partial charge in [-0.05, 0) is 44.1 Å². The third kappa shape index (κ3) is 5.50. The summed E-state index contributed by atoms with van der Waals surface area (Å²) < 4.78 is 0. The summed E-state index contributed by atoms with van der Waals surface area (Å²) in [4.78, 5) is 10.3. The molecule has 1 aliphatic rings. The monoisotopic (exact) mass is 227 g/mol. The highest BCUT2D eigenvalue weighted by Gasteiger charge is 2.27. The van der Waals surface area contributed by atoms with Crippen LogP contribution in [0.1, 0.15) is 58.8 Å². The first-order valence-electron chi connectivity index (χ1n) is 6.45. The van der Waals surface area contributed by atoms with Crippen molar-refractivity contribution in [2.75, 3.05) is 6.54 Å². The molecule has 1 fully saturated rings. The number of aliphatic carboxylic acids is 1. The van der Waals surface area contributed by atoms with Crippen molar-refractivity contribution in [2.24, 2.45) is 5.41 Å². The van der Waals surface area contributed by atoms with Crippen LogP contribution in [0.5, 0.6) is 0 Å². The zero-order valence-corrected chi connectivity index (χ0v) is 10.6. The van der Waals surface area contributed by atoms with Gasteiger partial charge in [-0.15, -0.1) is 0 Å². The Morgan fingerprint density at radius 2 is 2.19 bits per heavy atom. The molecule has 3 heteroatoms. The third-order valence-electron chi connectivity index (χ3n) is 3.46. The first kappa shape index (κ1) is 13.5. The van der Waals surface area contributed by atoms with E-state index in [4.69, 9.17) is 5.11 Å². The van der Waals surface area contributed by atoms with Crippen LogP contribution in [0, 0.1) is 5.41 Å². The zero-order chi connectivity index (χ0) is 12.0. The maximum atomic E-state index is 10.3. The Bertz CT molecular complexity index is 226. The minimum absolute atomic E-state index is 0.303. The molecule has 16 heavy (non-hydrogen) atoms. The maximum Gasteiger partial charge on any atom is 0.303 e. The summed E-state index contributed by atoms with van der Waals surface area (Å²) in [7, 11) is 0. The summed E-state index contributed by atoms with van der Waals surface area (Å²) >= 11 is 0. The number of carboxylic acid groups (broad SMARTS) is 1. The van der Waals surface area contributed by atoms with Crippen molar-refractivity contribution in [2.45, 2.75) is 64.8 Å². The molecule has 1 atom stereocenters. The van der Waals surface area contributed by atoms with Crippen molar-refractivity contribution in [3.8, 4) is 0 Å². The van der Waals surface area contributed by atoms with Crippen molar-refractivity contribution in [1.29, 1.82) is 0 Å². The summed E-state index contributed by atoms with van der Waals surface area (Å²) in [6.45, 7) is 5.64. The standard InChI is InChI=1S/C13H25NO2/c1-13(2)8-5-6-11(10-13)14-9-4-3-7-12(15)16/h11,14H,3-10H2,1-2H3,(H,15,16). The minimum Gasteiger partial charge on any atom is -0.481 e. The summed E-state index contributed by atoms with van der Waals surface area (Å²) in [6, 6.07) is 0.647. The maximum absolute atomic E-state index is 10.3. The van der Waals surface area contributed by atoms with E-state index >= 15 is 0 Å². The van der Waals surface area contributed by atoms with Crippen LogP contribution in [0.15, 0.2) is 0 Å². The van der Waals surface area contributed by atoms with Gasteiger partial charge in [-0.2, -0.15) is 0 Å². The highest BCUT2D eigenvalue weighted by Crippen LogP contribution is 2.34. The van der Waals surface area contributed by atoms with E-state index in [9.17, 15) is 4.79 Å². The van der Waals surface area contributed by atoms with Crippen molar-refractivity contribution >= 4 is 5.97 Å². The molecule has 0 aliphatic heterocycles. The fourth-order valence-corrected chi connectivity index (χ4v) is 2.58. The van der Waals surface area contributed by atoms with E-state index < -0.39 is 5.97 Å². The molecular formula is C13H25NO2. The molecule has 1 saturated carbocycles. The molecule has 0 amide bonds. The molecule has 0 radical (unpaired) electrons. The van der Waals surface area contributed by atoms with Crippen LogP contribution >= 0.6 is 0 Å². The molecule has 0 aromatic carbocycles. The van der Waals surface area contributed by atoms with Gasteiger partial charge in [0, 0.05) is 12.5 Å². The molecule has 2 N–H and O–H groups in total. The normalized spacial score (nSPS) is 24.2. The Balaban J connectivity index is 2.06. The van der Waals surface area contributed by atoms with Crippen molar-refractivity contribution in [3.63, 3.8) is 0 Å². The zero-order valence-electron chi connectivity index (χ0n) is 10.6. The first-order valence-corrected chi connectivity index (χ1v) is 6.45. The molecule has 0 saturated heterocycles. The molecule has 94 valence electrons. The van der Waals surface area contributed by atoms with Gasteiger partial charge in [0.05, 0.1) is 0 Å². The summed E-state index contributed by atoms with van der Waals surface area (Å²) in [5.41, 5.74) is 0.483. The lowest BCUT2D eigenvalue weighted by Crippen LogP contribution is -2.37. The number of carbonyl (C=O) groups is 1. The quantitative estimate of drug-likeness (QED) is 0.686. The van der Waals surface area contributed by atoms with Gasteiger partial charge in [0.25, 0.3) is 0 Å². The summed E-state index contributed by atoms with van der Waals surface area (Å²) in [5.74, 6) is -0.682. The van der Waals surface area contributed by atoms with Gasteiger partial charge in [0.1, 0.15) is 0 Å². The third-order valence-corrected chi connectivity index (χ3v) is 3.46. The Kier molecular flexibility index (Phi) is 5.26. The summed E-state index contributed by atoms with van der Waals surface area (Å²) in [6.07, 6.45) is 7.26. The number of nitrogens with one attached hydrogen (secondary N) is 1. The van der Waals surface area contributed by atoms with E-state index in [1.54, 1.807) is 0 Å². The van der Waals surface area contributed by atoms with Gasteiger partial charge in [0.15, 0.2) is 0 Å². The van der Waals surface area contributed by atoms with Crippen molar-refractivity contribution in [3.05, 3.63) is 0 Å². The average molecular weight is 227 g/mol. The van der Waals surface area contributed by atoms with Gasteiger partial charge in [0.2, 0.25) is 0 Å². The number of hydrogen-bond donors (Lipinski definition) is 2. The second-order valence-electron chi connectivity index (χ2n) is 5.76. The Morgan fingerprint density at radius 1 is 1.44 bits per heavy atom. The Morgan fingerprint density at radius 3 is 2.81 bits per heavy atom. The van der Waals surface area contributed by atoms with Gasteiger partial charge >= 0.3 is 5.97 Å². The molecule has 0 bridgehead atoms. The molecule has 3 nitrogen and oxygen atoms in total. The Labute approximate surface area is 98.6 Å². The minimum atomic E-state index is -0.682. The van der Waals surface area contributed by atoms with Crippen LogP contribution in [0.25, 0.3) is 0 Å². The van der Waals surface area contributed by atoms with Crippen LogP contribution < -0.4 is 5.32 Å². The second kappa shape index (κ2) is 6.24. The fourth-order valence-electron chi connectivity index (χ4n) is 2.58. The predicted molar refractivity (Wildman–Crippen MR) is 65.5 cm³/mol. The van der Waals surface area contributed by atoms with Crippen LogP contribution in [0.4, 0.5) is 0 Å². The molecule has 1 unspecified atom stereocenters. The Hall–Kier alpha value is -0.570. The van der Waals surface area contributed by atoms with Gasteiger partial charge < -0.3 is 10.4 Å². The number of unbranched alkanes of at least 4 members (excludes halogenated alkanes) is 1. The molecule has 1 aliphatic carbocycles. The largest absolute Gasteiger partial charge is 0.481 e.